The summed E-state index contributed by atoms with van der Waals surface area (Å²) in [4.78, 5) is 55.0. The van der Waals surface area contributed by atoms with Crippen LogP contribution < -0.4 is 31.7 Å². The van der Waals surface area contributed by atoms with E-state index in [1.165, 1.54) is 7.05 Å². The van der Waals surface area contributed by atoms with Crippen LogP contribution in [-0.2, 0) is 7.05 Å². The average Bonchev–Trinajstić information content (AvgIpc) is 3.33. The van der Waals surface area contributed by atoms with E-state index in [0.29, 0.717) is 17.2 Å². The van der Waals surface area contributed by atoms with E-state index in [2.05, 4.69) is 0 Å². The average molecular weight is 533 g/mol. The van der Waals surface area contributed by atoms with Gasteiger partial charge in [-0.2, -0.15) is 0 Å². The Labute approximate surface area is 227 Å². The van der Waals surface area contributed by atoms with Crippen LogP contribution in [-0.4, -0.2) is 9.13 Å². The summed E-state index contributed by atoms with van der Waals surface area (Å²) in [6.45, 7) is 5.72. The van der Waals surface area contributed by atoms with Gasteiger partial charge in [0, 0.05) is 7.05 Å². The first kappa shape index (κ1) is 25.1. The molecule has 0 atom stereocenters. The second kappa shape index (κ2) is 9.20. The van der Waals surface area contributed by atoms with Crippen LogP contribution in [0.15, 0.2) is 92.0 Å². The van der Waals surface area contributed by atoms with Crippen molar-refractivity contribution in [1.29, 1.82) is 0 Å². The zero-order chi connectivity index (χ0) is 28.3. The molecule has 2 heterocycles. The lowest BCUT2D eigenvalue weighted by molar-refractivity contribution is 0.485. The lowest BCUT2D eigenvalue weighted by atomic mass is 10.1. The largest absolute Gasteiger partial charge is 0.456 e. The highest BCUT2D eigenvalue weighted by atomic mass is 16.5. The molecule has 0 saturated carbocycles. The Morgan fingerprint density at radius 1 is 0.475 bits per heavy atom. The predicted molar refractivity (Wildman–Crippen MR) is 154 cm³/mol. The summed E-state index contributed by atoms with van der Waals surface area (Å²) in [6, 6.07) is 20.9. The number of benzene rings is 4. The number of rotatable bonds is 5. The molecule has 6 rings (SSSR count). The fourth-order valence-corrected chi connectivity index (χ4v) is 4.84. The second-order valence-corrected chi connectivity index (χ2v) is 9.94. The molecule has 198 valence electrons. The molecule has 6 aromatic rings. The molecular weight excluding hydrogens is 508 g/mol. The highest BCUT2D eigenvalue weighted by Crippen LogP contribution is 2.41. The van der Waals surface area contributed by atoms with E-state index in [1.807, 2.05) is 45.0 Å². The Morgan fingerprint density at radius 3 is 1.18 bits per heavy atom. The fourth-order valence-electron chi connectivity index (χ4n) is 4.84. The van der Waals surface area contributed by atoms with Crippen LogP contribution in [0.3, 0.4) is 0 Å². The Morgan fingerprint density at radius 2 is 0.800 bits per heavy atom. The van der Waals surface area contributed by atoms with Gasteiger partial charge < -0.3 is 9.47 Å². The van der Waals surface area contributed by atoms with Gasteiger partial charge >= 0.3 is 0 Å². The Kier molecular flexibility index (Phi) is 5.76. The molecule has 0 aliphatic carbocycles. The van der Waals surface area contributed by atoms with Gasteiger partial charge in [-0.25, -0.2) is 4.57 Å². The minimum absolute atomic E-state index is 0.124. The van der Waals surface area contributed by atoms with Crippen molar-refractivity contribution in [3.05, 3.63) is 131 Å². The van der Waals surface area contributed by atoms with E-state index in [1.54, 1.807) is 48.5 Å². The SMILES string of the molecule is Cc1ccc(Oc2c3c(=O)n(C)c(=O)c3c(Oc3ccc(C)cc3)c3c(=O)n(-c4ccc(C)cc4)c(=O)c23)cc1. The zero-order valence-electron chi connectivity index (χ0n) is 22.3. The standard InChI is InChI=1S/C32H24N2O6/c1-17-5-11-20(12-6-17)34-31(37)25-26(32(34)38)28(40-22-15-9-19(3)10-16-22)24-23(29(35)33(4)30(24)36)27(25)39-21-13-7-18(2)8-14-21/h5-16H,1-4H3. The van der Waals surface area contributed by atoms with Gasteiger partial charge in [-0.05, 0) is 57.2 Å². The van der Waals surface area contributed by atoms with Gasteiger partial charge in [0.15, 0.2) is 11.5 Å². The lowest BCUT2D eigenvalue weighted by Crippen LogP contribution is -2.23. The summed E-state index contributed by atoms with van der Waals surface area (Å²) >= 11 is 0. The Balaban J connectivity index is 1.79. The molecule has 0 saturated heterocycles. The van der Waals surface area contributed by atoms with Crippen LogP contribution in [0.4, 0.5) is 0 Å². The molecule has 2 aromatic heterocycles. The van der Waals surface area contributed by atoms with Crippen molar-refractivity contribution in [1.82, 2.24) is 9.13 Å². The number of fused-ring (bicyclic) bond motifs is 2. The minimum Gasteiger partial charge on any atom is -0.456 e. The Bertz CT molecular complexity index is 2010. The first-order valence-corrected chi connectivity index (χ1v) is 12.7. The number of hydrogen-bond donors (Lipinski definition) is 0. The highest BCUT2D eigenvalue weighted by Gasteiger charge is 2.31. The summed E-state index contributed by atoms with van der Waals surface area (Å²) < 4.78 is 14.3. The number of hydrogen-bond acceptors (Lipinski definition) is 6. The van der Waals surface area contributed by atoms with Gasteiger partial charge in [-0.1, -0.05) is 53.1 Å². The maximum absolute atomic E-state index is 14.0. The molecule has 0 aliphatic rings. The van der Waals surface area contributed by atoms with E-state index in [0.717, 1.165) is 25.8 Å². The molecule has 0 aliphatic heterocycles. The molecule has 0 spiro atoms. The molecule has 4 aromatic carbocycles. The van der Waals surface area contributed by atoms with Crippen molar-refractivity contribution < 1.29 is 9.47 Å². The number of nitrogens with zero attached hydrogens (tertiary/aromatic N) is 2. The van der Waals surface area contributed by atoms with Crippen molar-refractivity contribution in [2.75, 3.05) is 0 Å². The molecule has 0 radical (unpaired) electrons. The van der Waals surface area contributed by atoms with Crippen LogP contribution in [0.25, 0.3) is 27.2 Å². The van der Waals surface area contributed by atoms with Gasteiger partial charge in [-0.3, -0.25) is 23.7 Å². The van der Waals surface area contributed by atoms with E-state index in [9.17, 15) is 19.2 Å². The number of aromatic nitrogens is 2. The highest BCUT2D eigenvalue weighted by molar-refractivity contribution is 6.11. The monoisotopic (exact) mass is 532 g/mol. The number of aryl methyl sites for hydroxylation is 3. The third-order valence-corrected chi connectivity index (χ3v) is 7.05. The molecule has 40 heavy (non-hydrogen) atoms. The van der Waals surface area contributed by atoms with E-state index in [4.69, 9.17) is 9.47 Å². The topological polar surface area (TPSA) is 96.6 Å². The van der Waals surface area contributed by atoms with Crippen molar-refractivity contribution in [3.8, 4) is 28.7 Å². The zero-order valence-corrected chi connectivity index (χ0v) is 22.3. The minimum atomic E-state index is -0.683. The van der Waals surface area contributed by atoms with E-state index in [-0.39, 0.29) is 33.0 Å². The fraction of sp³-hybridized carbons (Fsp3) is 0.125. The summed E-state index contributed by atoms with van der Waals surface area (Å²) in [7, 11) is 1.34. The normalized spacial score (nSPS) is 11.4. The molecule has 8 nitrogen and oxygen atoms in total. The van der Waals surface area contributed by atoms with Crippen LogP contribution >= 0.6 is 0 Å². The van der Waals surface area contributed by atoms with E-state index >= 15 is 0 Å². The van der Waals surface area contributed by atoms with Crippen molar-refractivity contribution >= 4 is 21.5 Å². The van der Waals surface area contributed by atoms with Gasteiger partial charge in [0.25, 0.3) is 22.2 Å². The molecule has 0 bridgehead atoms. The van der Waals surface area contributed by atoms with Crippen LogP contribution in [0.1, 0.15) is 16.7 Å². The van der Waals surface area contributed by atoms with Crippen molar-refractivity contribution in [3.63, 3.8) is 0 Å². The van der Waals surface area contributed by atoms with Crippen LogP contribution in [0.5, 0.6) is 23.0 Å². The third-order valence-electron chi connectivity index (χ3n) is 7.05. The molecule has 0 fully saturated rings. The summed E-state index contributed by atoms with van der Waals surface area (Å²) in [5.74, 6) is 0.374. The van der Waals surface area contributed by atoms with Crippen LogP contribution in [0.2, 0.25) is 0 Å². The number of ether oxygens (including phenoxy) is 2. The summed E-state index contributed by atoms with van der Waals surface area (Å²) in [6.07, 6.45) is 0. The molecule has 0 unspecified atom stereocenters. The maximum Gasteiger partial charge on any atom is 0.270 e. The second-order valence-electron chi connectivity index (χ2n) is 9.94. The summed E-state index contributed by atoms with van der Waals surface area (Å²) in [5, 5.41) is -0.520. The van der Waals surface area contributed by atoms with Gasteiger partial charge in [0.1, 0.15) is 33.0 Å². The summed E-state index contributed by atoms with van der Waals surface area (Å²) in [5.41, 5.74) is 0.564. The molecule has 0 amide bonds. The predicted octanol–water partition coefficient (Wildman–Crippen LogP) is 4.95. The first-order chi connectivity index (χ1) is 19.2. The first-order valence-electron chi connectivity index (χ1n) is 12.7. The van der Waals surface area contributed by atoms with Gasteiger partial charge in [0.2, 0.25) is 0 Å². The van der Waals surface area contributed by atoms with E-state index < -0.39 is 22.2 Å². The molecular formula is C32H24N2O6. The Hall–Kier alpha value is -5.24. The molecule has 0 N–H and O–H groups in total. The van der Waals surface area contributed by atoms with Gasteiger partial charge in [0.05, 0.1) is 5.69 Å². The lowest BCUT2D eigenvalue weighted by Gasteiger charge is -2.12. The van der Waals surface area contributed by atoms with Gasteiger partial charge in [-0.15, -0.1) is 0 Å². The van der Waals surface area contributed by atoms with Crippen molar-refractivity contribution in [2.45, 2.75) is 20.8 Å². The molecule has 8 heteroatoms. The maximum atomic E-state index is 14.0. The van der Waals surface area contributed by atoms with Crippen LogP contribution in [0, 0.1) is 20.8 Å². The van der Waals surface area contributed by atoms with Crippen molar-refractivity contribution in [2.24, 2.45) is 7.05 Å². The smallest absolute Gasteiger partial charge is 0.270 e. The third kappa shape index (κ3) is 3.84. The quantitative estimate of drug-likeness (QED) is 0.312.